The maximum Gasteiger partial charge on any atom is 0.338 e. The van der Waals surface area contributed by atoms with Crippen molar-refractivity contribution in [1.29, 1.82) is 0 Å². The molecule has 0 aliphatic carbocycles. The smallest absolute Gasteiger partial charge is 0.338 e. The number of allylic oxidation sites excluding steroid dienone is 1. The molecule has 2 heterocycles. The van der Waals surface area contributed by atoms with E-state index in [4.69, 9.17) is 9.47 Å². The predicted molar refractivity (Wildman–Crippen MR) is 153 cm³/mol. The van der Waals surface area contributed by atoms with Crippen LogP contribution in [0.5, 0.6) is 0 Å². The second kappa shape index (κ2) is 13.4. The molecule has 1 fully saturated rings. The summed E-state index contributed by atoms with van der Waals surface area (Å²) in [6, 6.07) is 13.0. The summed E-state index contributed by atoms with van der Waals surface area (Å²) in [6.07, 6.45) is 4.15. The van der Waals surface area contributed by atoms with Crippen molar-refractivity contribution < 1.29 is 27.8 Å². The number of carbonyl (C=O) groups excluding carboxylic acids is 2. The zero-order chi connectivity index (χ0) is 29.6. The van der Waals surface area contributed by atoms with E-state index >= 15 is 0 Å². The van der Waals surface area contributed by atoms with Crippen LogP contribution in [0.2, 0.25) is 0 Å². The number of nitrogens with zero attached hydrogens (tertiary/aromatic N) is 3. The van der Waals surface area contributed by atoms with Crippen molar-refractivity contribution in [1.82, 2.24) is 9.80 Å². The van der Waals surface area contributed by atoms with Crippen molar-refractivity contribution in [2.24, 2.45) is 4.99 Å². The third kappa shape index (κ3) is 6.50. The molecule has 0 saturated carbocycles. The van der Waals surface area contributed by atoms with Gasteiger partial charge in [-0.3, -0.25) is 4.79 Å². The largest absolute Gasteiger partial charge is 0.468 e. The lowest BCUT2D eigenvalue weighted by atomic mass is 9.72. The Morgan fingerprint density at radius 2 is 1.61 bits per heavy atom. The summed E-state index contributed by atoms with van der Waals surface area (Å²) in [5, 5.41) is 0. The molecular formula is C32H39F2N3O4. The van der Waals surface area contributed by atoms with E-state index in [0.29, 0.717) is 42.1 Å². The van der Waals surface area contributed by atoms with E-state index in [1.165, 1.54) is 20.3 Å². The monoisotopic (exact) mass is 567 g/mol. The Morgan fingerprint density at radius 1 is 0.927 bits per heavy atom. The first-order valence-electron chi connectivity index (χ1n) is 14.1. The molecule has 9 heteroatoms. The van der Waals surface area contributed by atoms with Crippen molar-refractivity contribution in [3.8, 4) is 0 Å². The number of methoxy groups -OCH3 is 2. The number of aliphatic imine (C=N–C) groups is 1. The minimum atomic E-state index is -0.963. The van der Waals surface area contributed by atoms with Crippen LogP contribution >= 0.6 is 0 Å². The highest BCUT2D eigenvalue weighted by molar-refractivity contribution is 5.95. The van der Waals surface area contributed by atoms with E-state index in [1.807, 2.05) is 42.2 Å². The second-order valence-corrected chi connectivity index (χ2v) is 10.8. The number of amidine groups is 1. The molecule has 0 radical (unpaired) electrons. The lowest BCUT2D eigenvalue weighted by Gasteiger charge is -2.40. The number of hydrogen-bond acceptors (Lipinski definition) is 7. The van der Waals surface area contributed by atoms with Crippen molar-refractivity contribution in [3.63, 3.8) is 0 Å². The van der Waals surface area contributed by atoms with E-state index < -0.39 is 29.1 Å². The summed E-state index contributed by atoms with van der Waals surface area (Å²) >= 11 is 0. The topological polar surface area (TPSA) is 71.4 Å². The van der Waals surface area contributed by atoms with Crippen molar-refractivity contribution in [2.75, 3.05) is 40.4 Å². The minimum absolute atomic E-state index is 0.173. The van der Waals surface area contributed by atoms with Crippen molar-refractivity contribution in [2.45, 2.75) is 57.4 Å². The first-order chi connectivity index (χ1) is 19.7. The number of rotatable bonds is 10. The summed E-state index contributed by atoms with van der Waals surface area (Å²) in [4.78, 5) is 34.5. The Labute approximate surface area is 240 Å². The van der Waals surface area contributed by atoms with Crippen molar-refractivity contribution in [3.05, 3.63) is 82.6 Å². The molecule has 0 spiro atoms. The van der Waals surface area contributed by atoms with Gasteiger partial charge in [-0.1, -0.05) is 42.8 Å². The maximum atomic E-state index is 14.2. The average molecular weight is 568 g/mol. The molecule has 220 valence electrons. The summed E-state index contributed by atoms with van der Waals surface area (Å²) < 4.78 is 38.2. The molecule has 0 N–H and O–H groups in total. The molecule has 7 nitrogen and oxygen atoms in total. The molecule has 41 heavy (non-hydrogen) atoms. The van der Waals surface area contributed by atoms with E-state index in [9.17, 15) is 18.4 Å². The van der Waals surface area contributed by atoms with Crippen LogP contribution in [0, 0.1) is 11.6 Å². The van der Waals surface area contributed by atoms with Crippen LogP contribution in [0.3, 0.4) is 0 Å². The third-order valence-corrected chi connectivity index (χ3v) is 8.37. The number of esters is 2. The Morgan fingerprint density at radius 3 is 2.24 bits per heavy atom. The van der Waals surface area contributed by atoms with Crippen LogP contribution in [0.15, 0.2) is 64.8 Å². The zero-order valence-electron chi connectivity index (χ0n) is 24.3. The van der Waals surface area contributed by atoms with Gasteiger partial charge in [-0.05, 0) is 82.4 Å². The highest BCUT2D eigenvalue weighted by atomic mass is 19.2. The van der Waals surface area contributed by atoms with E-state index in [2.05, 4.69) is 9.89 Å². The molecule has 0 bridgehead atoms. The number of benzene rings is 2. The molecule has 4 rings (SSSR count). The highest BCUT2D eigenvalue weighted by Crippen LogP contribution is 2.38. The van der Waals surface area contributed by atoms with Crippen LogP contribution in [0.4, 0.5) is 8.78 Å². The van der Waals surface area contributed by atoms with Crippen LogP contribution in [-0.2, 0) is 24.5 Å². The van der Waals surface area contributed by atoms with E-state index in [-0.39, 0.29) is 5.97 Å². The number of likely N-dealkylation sites (tertiary alicyclic amines) is 1. The lowest BCUT2D eigenvalue weighted by molar-refractivity contribution is -0.149. The summed E-state index contributed by atoms with van der Waals surface area (Å²) in [6.45, 7) is 6.72. The Hall–Kier alpha value is -3.59. The van der Waals surface area contributed by atoms with Crippen molar-refractivity contribution >= 4 is 17.8 Å². The van der Waals surface area contributed by atoms with Gasteiger partial charge in [-0.25, -0.2) is 18.6 Å². The first-order valence-corrected chi connectivity index (χ1v) is 14.1. The molecule has 1 atom stereocenters. The van der Waals surface area contributed by atoms with Gasteiger partial charge in [-0.15, -0.1) is 0 Å². The van der Waals surface area contributed by atoms with Crippen LogP contribution in [-0.4, -0.2) is 68.0 Å². The van der Waals surface area contributed by atoms with E-state index in [0.717, 1.165) is 56.6 Å². The molecule has 2 aromatic rings. The Bertz CT molecular complexity index is 1300. The van der Waals surface area contributed by atoms with Gasteiger partial charge in [0.15, 0.2) is 11.6 Å². The lowest BCUT2D eigenvalue weighted by Crippen LogP contribution is -2.48. The number of piperidine rings is 1. The van der Waals surface area contributed by atoms with E-state index in [1.54, 1.807) is 6.92 Å². The minimum Gasteiger partial charge on any atom is -0.468 e. The molecule has 0 aromatic heterocycles. The molecular weight excluding hydrogens is 528 g/mol. The SMILES string of the molecule is COC(=O)C1=C(C)N=C(C)N(CCCCCN2CCC(C(=O)OC)(c3ccccc3)CC2)[C@@H]1c1ccc(F)c(F)c1. The normalized spacial score (nSPS) is 19.1. The summed E-state index contributed by atoms with van der Waals surface area (Å²) in [5.41, 5.74) is 1.71. The van der Waals surface area contributed by atoms with Crippen LogP contribution in [0.25, 0.3) is 0 Å². The summed E-state index contributed by atoms with van der Waals surface area (Å²) in [7, 11) is 2.76. The van der Waals surface area contributed by atoms with Crippen LogP contribution < -0.4 is 0 Å². The quantitative estimate of drug-likeness (QED) is 0.276. The van der Waals surface area contributed by atoms with Gasteiger partial charge in [0.25, 0.3) is 0 Å². The Kier molecular flexibility index (Phi) is 9.91. The second-order valence-electron chi connectivity index (χ2n) is 10.8. The molecule has 2 aromatic carbocycles. The predicted octanol–water partition coefficient (Wildman–Crippen LogP) is 5.56. The number of ether oxygens (including phenoxy) is 2. The molecule has 1 saturated heterocycles. The Balaban J connectivity index is 1.36. The average Bonchev–Trinajstić information content (AvgIpc) is 2.99. The number of carbonyl (C=O) groups is 2. The number of halogens is 2. The number of hydrogen-bond donors (Lipinski definition) is 0. The summed E-state index contributed by atoms with van der Waals surface area (Å²) in [5.74, 6) is -1.90. The third-order valence-electron chi connectivity index (χ3n) is 8.37. The van der Waals surface area contributed by atoms with Gasteiger partial charge in [0, 0.05) is 6.54 Å². The maximum absolute atomic E-state index is 14.2. The van der Waals surface area contributed by atoms with Crippen LogP contribution in [0.1, 0.15) is 63.1 Å². The van der Waals surface area contributed by atoms with Gasteiger partial charge in [-0.2, -0.15) is 0 Å². The number of unbranched alkanes of at least 4 members (excludes halogenated alkanes) is 2. The van der Waals surface area contributed by atoms with Gasteiger partial charge in [0.1, 0.15) is 5.84 Å². The van der Waals surface area contributed by atoms with Gasteiger partial charge >= 0.3 is 11.9 Å². The molecule has 0 unspecified atom stereocenters. The fourth-order valence-corrected chi connectivity index (χ4v) is 6.11. The standard InChI is InChI=1S/C32H39F2N3O4/c1-22-28(30(38)40-3)29(24-13-14-26(33)27(34)21-24)37(23(2)35-22)18-10-6-9-17-36-19-15-32(16-20-36,31(39)41-4)25-11-7-5-8-12-25/h5,7-8,11-14,21,29H,6,9-10,15-20H2,1-4H3/t29-/m1/s1. The molecule has 2 aliphatic rings. The van der Waals surface area contributed by atoms with Gasteiger partial charge in [0.05, 0.1) is 36.9 Å². The highest BCUT2D eigenvalue weighted by Gasteiger charge is 2.43. The molecule has 2 aliphatic heterocycles. The van der Waals surface area contributed by atoms with Gasteiger partial charge < -0.3 is 19.3 Å². The van der Waals surface area contributed by atoms with Gasteiger partial charge in [0.2, 0.25) is 0 Å². The molecule has 0 amide bonds. The fraction of sp³-hybridized carbons (Fsp3) is 0.469. The first kappa shape index (κ1) is 30.4. The fourth-order valence-electron chi connectivity index (χ4n) is 6.11. The zero-order valence-corrected chi connectivity index (χ0v) is 24.3.